The molecule has 0 amide bonds. The molecule has 1 aromatic rings. The van der Waals surface area contributed by atoms with Gasteiger partial charge in [-0.2, -0.15) is 0 Å². The predicted molar refractivity (Wildman–Crippen MR) is 46.3 cm³/mol. The molecule has 0 aliphatic rings. The summed E-state index contributed by atoms with van der Waals surface area (Å²) in [7, 11) is 1.29. The maximum absolute atomic E-state index is 11.2. The van der Waals surface area contributed by atoms with Crippen LogP contribution >= 0.6 is 0 Å². The SMILES string of the molecule is COC(=O)c1noc(N)c1C(C)C. The van der Waals surface area contributed by atoms with Gasteiger partial charge in [-0.1, -0.05) is 19.0 Å². The molecule has 0 unspecified atom stereocenters. The first kappa shape index (κ1) is 9.57. The number of hydrogen-bond acceptors (Lipinski definition) is 5. The molecule has 0 spiro atoms. The molecule has 0 aromatic carbocycles. The van der Waals surface area contributed by atoms with Gasteiger partial charge in [0.25, 0.3) is 0 Å². The number of nitrogen functional groups attached to an aromatic ring is 1. The van der Waals surface area contributed by atoms with Crippen molar-refractivity contribution in [3.63, 3.8) is 0 Å². The number of carbonyl (C=O) groups excluding carboxylic acids is 1. The quantitative estimate of drug-likeness (QED) is 0.698. The molecular formula is C8H12N2O3. The van der Waals surface area contributed by atoms with E-state index in [0.717, 1.165) is 0 Å². The number of hydrogen-bond donors (Lipinski definition) is 1. The van der Waals surface area contributed by atoms with E-state index < -0.39 is 5.97 Å². The third-order valence-corrected chi connectivity index (χ3v) is 1.71. The summed E-state index contributed by atoms with van der Waals surface area (Å²) in [5, 5.41) is 3.53. The Kier molecular flexibility index (Phi) is 2.55. The van der Waals surface area contributed by atoms with E-state index in [1.165, 1.54) is 7.11 Å². The van der Waals surface area contributed by atoms with Crippen molar-refractivity contribution in [3.8, 4) is 0 Å². The number of rotatable bonds is 2. The van der Waals surface area contributed by atoms with Crippen LogP contribution in [0.1, 0.15) is 35.8 Å². The average molecular weight is 184 g/mol. The first-order chi connectivity index (χ1) is 6.07. The number of ether oxygens (including phenoxy) is 1. The summed E-state index contributed by atoms with van der Waals surface area (Å²) < 4.78 is 9.23. The van der Waals surface area contributed by atoms with Gasteiger partial charge >= 0.3 is 5.97 Å². The summed E-state index contributed by atoms with van der Waals surface area (Å²) in [5.41, 5.74) is 6.26. The van der Waals surface area contributed by atoms with Crippen LogP contribution in [0, 0.1) is 0 Å². The Balaban J connectivity index is 3.15. The van der Waals surface area contributed by atoms with E-state index in [4.69, 9.17) is 10.3 Å². The Labute approximate surface area is 75.8 Å². The lowest BCUT2D eigenvalue weighted by atomic mass is 10.0. The Morgan fingerprint density at radius 1 is 1.62 bits per heavy atom. The first-order valence-corrected chi connectivity index (χ1v) is 3.91. The molecule has 0 saturated heterocycles. The standard InChI is InChI=1S/C8H12N2O3/c1-4(2)5-6(8(11)12-3)10-13-7(5)9/h4H,9H2,1-3H3. The zero-order valence-electron chi connectivity index (χ0n) is 7.83. The highest BCUT2D eigenvalue weighted by molar-refractivity contribution is 5.90. The van der Waals surface area contributed by atoms with Gasteiger partial charge in [0.15, 0.2) is 5.69 Å². The molecule has 5 nitrogen and oxygen atoms in total. The second kappa shape index (κ2) is 3.47. The summed E-state index contributed by atoms with van der Waals surface area (Å²) in [5.74, 6) is -0.264. The van der Waals surface area contributed by atoms with Gasteiger partial charge in [-0.25, -0.2) is 4.79 Å². The Morgan fingerprint density at radius 3 is 2.69 bits per heavy atom. The van der Waals surface area contributed by atoms with Gasteiger partial charge in [0, 0.05) is 0 Å². The first-order valence-electron chi connectivity index (χ1n) is 3.91. The Bertz CT molecular complexity index is 317. The molecule has 1 aromatic heterocycles. The lowest BCUT2D eigenvalue weighted by Gasteiger charge is -2.02. The number of anilines is 1. The van der Waals surface area contributed by atoms with E-state index in [1.807, 2.05) is 13.8 Å². The monoisotopic (exact) mass is 184 g/mol. The number of aromatic nitrogens is 1. The molecule has 0 aliphatic heterocycles. The molecule has 2 N–H and O–H groups in total. The minimum absolute atomic E-state index is 0.0837. The third kappa shape index (κ3) is 1.63. The summed E-state index contributed by atoms with van der Waals surface area (Å²) in [6.45, 7) is 3.80. The molecule has 72 valence electrons. The molecular weight excluding hydrogens is 172 g/mol. The number of nitrogens with zero attached hydrogens (tertiary/aromatic N) is 1. The van der Waals surface area contributed by atoms with Crippen molar-refractivity contribution in [3.05, 3.63) is 11.3 Å². The minimum atomic E-state index is -0.524. The van der Waals surface area contributed by atoms with Crippen LogP contribution in [0.25, 0.3) is 0 Å². The maximum Gasteiger partial charge on any atom is 0.360 e. The fraction of sp³-hybridized carbons (Fsp3) is 0.500. The predicted octanol–water partition coefficient (Wildman–Crippen LogP) is 1.17. The molecule has 1 heterocycles. The third-order valence-electron chi connectivity index (χ3n) is 1.71. The number of methoxy groups -OCH3 is 1. The van der Waals surface area contributed by atoms with Crippen molar-refractivity contribution in [2.45, 2.75) is 19.8 Å². The van der Waals surface area contributed by atoms with E-state index in [-0.39, 0.29) is 17.5 Å². The van der Waals surface area contributed by atoms with Gasteiger partial charge in [-0.3, -0.25) is 0 Å². The van der Waals surface area contributed by atoms with Crippen LogP contribution in [0.4, 0.5) is 5.88 Å². The highest BCUT2D eigenvalue weighted by Crippen LogP contribution is 2.25. The molecule has 0 radical (unpaired) electrons. The molecule has 0 atom stereocenters. The van der Waals surface area contributed by atoms with Gasteiger partial charge < -0.3 is 15.0 Å². The van der Waals surface area contributed by atoms with Crippen LogP contribution in [0.3, 0.4) is 0 Å². The molecule has 1 rings (SSSR count). The lowest BCUT2D eigenvalue weighted by molar-refractivity contribution is 0.0588. The zero-order chi connectivity index (χ0) is 10.0. The smallest absolute Gasteiger partial charge is 0.360 e. The van der Waals surface area contributed by atoms with E-state index in [2.05, 4.69) is 9.89 Å². The van der Waals surface area contributed by atoms with Crippen molar-refractivity contribution < 1.29 is 14.1 Å². The van der Waals surface area contributed by atoms with Crippen molar-refractivity contribution in [1.82, 2.24) is 5.16 Å². The molecule has 0 fully saturated rings. The fourth-order valence-electron chi connectivity index (χ4n) is 1.11. The summed E-state index contributed by atoms with van der Waals surface area (Å²) in [6, 6.07) is 0. The van der Waals surface area contributed by atoms with Crippen LogP contribution in [-0.2, 0) is 4.74 Å². The molecule has 5 heteroatoms. The average Bonchev–Trinajstić information content (AvgIpc) is 2.45. The number of nitrogens with two attached hydrogens (primary N) is 1. The van der Waals surface area contributed by atoms with Gasteiger partial charge in [-0.05, 0) is 5.92 Å². The topological polar surface area (TPSA) is 78.3 Å². The molecule has 0 saturated carbocycles. The maximum atomic E-state index is 11.2. The summed E-state index contributed by atoms with van der Waals surface area (Å²) in [6.07, 6.45) is 0. The van der Waals surface area contributed by atoms with E-state index in [1.54, 1.807) is 0 Å². The van der Waals surface area contributed by atoms with Crippen molar-refractivity contribution in [2.75, 3.05) is 12.8 Å². The van der Waals surface area contributed by atoms with Crippen molar-refractivity contribution in [1.29, 1.82) is 0 Å². The van der Waals surface area contributed by atoms with Gasteiger partial charge in [0.2, 0.25) is 5.88 Å². The Morgan fingerprint density at radius 2 is 2.23 bits per heavy atom. The van der Waals surface area contributed by atoms with E-state index in [9.17, 15) is 4.79 Å². The highest BCUT2D eigenvalue weighted by Gasteiger charge is 2.22. The van der Waals surface area contributed by atoms with Gasteiger partial charge in [0.1, 0.15) is 0 Å². The summed E-state index contributed by atoms with van der Waals surface area (Å²) >= 11 is 0. The highest BCUT2D eigenvalue weighted by atomic mass is 16.5. The van der Waals surface area contributed by atoms with Crippen LogP contribution < -0.4 is 5.73 Å². The summed E-state index contributed by atoms with van der Waals surface area (Å²) in [4.78, 5) is 11.2. The lowest BCUT2D eigenvalue weighted by Crippen LogP contribution is -2.06. The minimum Gasteiger partial charge on any atom is -0.464 e. The van der Waals surface area contributed by atoms with E-state index in [0.29, 0.717) is 5.56 Å². The van der Waals surface area contributed by atoms with Gasteiger partial charge in [-0.15, -0.1) is 0 Å². The van der Waals surface area contributed by atoms with Crippen LogP contribution in [0.15, 0.2) is 4.52 Å². The Hall–Kier alpha value is -1.52. The second-order valence-corrected chi connectivity index (χ2v) is 2.96. The molecule has 0 bridgehead atoms. The largest absolute Gasteiger partial charge is 0.464 e. The number of esters is 1. The van der Waals surface area contributed by atoms with Crippen molar-refractivity contribution in [2.24, 2.45) is 0 Å². The molecule has 0 aliphatic carbocycles. The van der Waals surface area contributed by atoms with E-state index >= 15 is 0 Å². The second-order valence-electron chi connectivity index (χ2n) is 2.96. The molecule has 13 heavy (non-hydrogen) atoms. The van der Waals surface area contributed by atoms with Crippen molar-refractivity contribution >= 4 is 11.9 Å². The van der Waals surface area contributed by atoms with Crippen LogP contribution in [-0.4, -0.2) is 18.2 Å². The zero-order valence-corrected chi connectivity index (χ0v) is 7.83. The van der Waals surface area contributed by atoms with Gasteiger partial charge in [0.05, 0.1) is 12.7 Å². The van der Waals surface area contributed by atoms with Crippen LogP contribution in [0.2, 0.25) is 0 Å². The normalized spacial score (nSPS) is 10.5. The fourth-order valence-corrected chi connectivity index (χ4v) is 1.11. The number of carbonyl (C=O) groups is 1. The van der Waals surface area contributed by atoms with Crippen LogP contribution in [0.5, 0.6) is 0 Å².